The van der Waals surface area contributed by atoms with Crippen molar-refractivity contribution in [3.8, 4) is 11.1 Å². The van der Waals surface area contributed by atoms with E-state index in [0.717, 1.165) is 5.56 Å². The van der Waals surface area contributed by atoms with Crippen LogP contribution in [0.5, 0.6) is 0 Å². The Morgan fingerprint density at radius 3 is 2.24 bits per heavy atom. The van der Waals surface area contributed by atoms with E-state index in [4.69, 9.17) is 10.5 Å². The van der Waals surface area contributed by atoms with Gasteiger partial charge in [0.25, 0.3) is 0 Å². The van der Waals surface area contributed by atoms with Gasteiger partial charge in [-0.2, -0.15) is 0 Å². The maximum atomic E-state index is 11.9. The predicted molar refractivity (Wildman–Crippen MR) is 78.1 cm³/mol. The van der Waals surface area contributed by atoms with Crippen LogP contribution in [0.3, 0.4) is 0 Å². The average Bonchev–Trinajstić information content (AvgIpc) is 2.53. The molecule has 3 N–H and O–H groups in total. The van der Waals surface area contributed by atoms with E-state index in [2.05, 4.69) is 0 Å². The summed E-state index contributed by atoms with van der Waals surface area (Å²) in [5.41, 5.74) is 7.72. The van der Waals surface area contributed by atoms with Crippen molar-refractivity contribution >= 4 is 11.9 Å². The number of nitrogens with two attached hydrogens (primary N) is 1. The summed E-state index contributed by atoms with van der Waals surface area (Å²) < 4.78 is 4.73. The van der Waals surface area contributed by atoms with E-state index in [1.165, 1.54) is 19.2 Å². The molecule has 5 nitrogen and oxygen atoms in total. The number of hydrogen-bond acceptors (Lipinski definition) is 4. The van der Waals surface area contributed by atoms with Gasteiger partial charge in [-0.05, 0) is 23.3 Å². The van der Waals surface area contributed by atoms with Crippen LogP contribution in [0.15, 0.2) is 42.5 Å². The molecular weight excluding hydrogens is 270 g/mol. The van der Waals surface area contributed by atoms with Crippen LogP contribution >= 0.6 is 0 Å². The Bertz CT molecular complexity index is 677. The molecule has 21 heavy (non-hydrogen) atoms. The molecule has 2 rings (SSSR count). The van der Waals surface area contributed by atoms with Crippen molar-refractivity contribution in [2.75, 3.05) is 7.11 Å². The zero-order valence-corrected chi connectivity index (χ0v) is 11.5. The Hall–Kier alpha value is -2.66. The Kier molecular flexibility index (Phi) is 4.35. The fourth-order valence-electron chi connectivity index (χ4n) is 2.13. The second kappa shape index (κ2) is 6.19. The number of esters is 1. The highest BCUT2D eigenvalue weighted by atomic mass is 16.5. The van der Waals surface area contributed by atoms with Crippen LogP contribution in [-0.2, 0) is 11.3 Å². The summed E-state index contributed by atoms with van der Waals surface area (Å²) in [7, 11) is 1.26. The number of aromatic carboxylic acids is 1. The van der Waals surface area contributed by atoms with Crippen molar-refractivity contribution in [1.29, 1.82) is 0 Å². The fourth-order valence-corrected chi connectivity index (χ4v) is 2.13. The maximum absolute atomic E-state index is 11.9. The van der Waals surface area contributed by atoms with Gasteiger partial charge >= 0.3 is 11.9 Å². The molecule has 0 amide bonds. The van der Waals surface area contributed by atoms with Crippen molar-refractivity contribution in [2.24, 2.45) is 5.73 Å². The minimum Gasteiger partial charge on any atom is -0.478 e. The summed E-state index contributed by atoms with van der Waals surface area (Å²) in [5.74, 6) is -1.67. The largest absolute Gasteiger partial charge is 0.478 e. The molecule has 0 heterocycles. The summed E-state index contributed by atoms with van der Waals surface area (Å²) in [6, 6.07) is 11.6. The van der Waals surface area contributed by atoms with Gasteiger partial charge in [-0.1, -0.05) is 30.3 Å². The smallest absolute Gasteiger partial charge is 0.338 e. The molecule has 5 heteroatoms. The van der Waals surface area contributed by atoms with Gasteiger partial charge in [-0.15, -0.1) is 0 Å². The summed E-state index contributed by atoms with van der Waals surface area (Å²) in [6.45, 7) is 0.394. The number of benzene rings is 2. The number of ether oxygens (including phenoxy) is 1. The second-order valence-corrected chi connectivity index (χ2v) is 4.43. The van der Waals surface area contributed by atoms with E-state index < -0.39 is 11.9 Å². The molecule has 2 aromatic rings. The van der Waals surface area contributed by atoms with E-state index in [0.29, 0.717) is 17.7 Å². The first-order chi connectivity index (χ1) is 10.1. The third-order valence-corrected chi connectivity index (χ3v) is 3.18. The van der Waals surface area contributed by atoms with Crippen molar-refractivity contribution in [3.05, 3.63) is 59.2 Å². The number of methoxy groups -OCH3 is 1. The molecule has 0 aliphatic rings. The molecule has 0 aliphatic carbocycles. The van der Waals surface area contributed by atoms with Gasteiger partial charge in [0.05, 0.1) is 18.2 Å². The lowest BCUT2D eigenvalue weighted by molar-refractivity contribution is 0.0601. The van der Waals surface area contributed by atoms with Crippen LogP contribution < -0.4 is 5.73 Å². The molecule has 0 atom stereocenters. The SMILES string of the molecule is COC(=O)c1cccc(C(=O)O)c1-c1ccc(CN)cc1. The van der Waals surface area contributed by atoms with Crippen molar-refractivity contribution in [1.82, 2.24) is 0 Å². The molecule has 0 saturated carbocycles. The number of carboxylic acid groups (broad SMARTS) is 1. The summed E-state index contributed by atoms with van der Waals surface area (Å²) >= 11 is 0. The first-order valence-electron chi connectivity index (χ1n) is 6.32. The van der Waals surface area contributed by atoms with Crippen LogP contribution in [0.2, 0.25) is 0 Å². The zero-order valence-electron chi connectivity index (χ0n) is 11.5. The van der Waals surface area contributed by atoms with Gasteiger partial charge in [-0.25, -0.2) is 9.59 Å². The molecule has 0 saturated heterocycles. The number of carbonyl (C=O) groups excluding carboxylic acids is 1. The minimum absolute atomic E-state index is 0.0541. The molecule has 0 bridgehead atoms. The highest BCUT2D eigenvalue weighted by Crippen LogP contribution is 2.29. The van der Waals surface area contributed by atoms with Gasteiger partial charge in [0.1, 0.15) is 0 Å². The second-order valence-electron chi connectivity index (χ2n) is 4.43. The summed E-state index contributed by atoms with van der Waals surface area (Å²) in [4.78, 5) is 23.3. The molecule has 0 fully saturated rings. The van der Waals surface area contributed by atoms with Crippen LogP contribution in [-0.4, -0.2) is 24.2 Å². The Morgan fingerprint density at radius 2 is 1.71 bits per heavy atom. The molecular formula is C16H15NO4. The van der Waals surface area contributed by atoms with Crippen LogP contribution in [0.25, 0.3) is 11.1 Å². The van der Waals surface area contributed by atoms with Crippen LogP contribution in [0.4, 0.5) is 0 Å². The lowest BCUT2D eigenvalue weighted by Crippen LogP contribution is -2.08. The molecule has 0 radical (unpaired) electrons. The first kappa shape index (κ1) is 14.7. The van der Waals surface area contributed by atoms with Gasteiger partial charge in [0, 0.05) is 12.1 Å². The van der Waals surface area contributed by atoms with Gasteiger partial charge in [-0.3, -0.25) is 0 Å². The molecule has 0 aromatic heterocycles. The summed E-state index contributed by atoms with van der Waals surface area (Å²) in [5, 5.41) is 9.33. The number of carboxylic acids is 1. The molecule has 2 aromatic carbocycles. The number of hydrogen-bond donors (Lipinski definition) is 2. The standard InChI is InChI=1S/C16H15NO4/c1-21-16(20)13-4-2-3-12(15(18)19)14(13)11-7-5-10(9-17)6-8-11/h2-8H,9,17H2,1H3,(H,18,19). The normalized spacial score (nSPS) is 10.2. The first-order valence-corrected chi connectivity index (χ1v) is 6.32. The quantitative estimate of drug-likeness (QED) is 0.841. The monoisotopic (exact) mass is 285 g/mol. The van der Waals surface area contributed by atoms with Gasteiger partial charge < -0.3 is 15.6 Å². The third-order valence-electron chi connectivity index (χ3n) is 3.18. The third kappa shape index (κ3) is 2.93. The molecule has 0 aliphatic heterocycles. The van der Waals surface area contributed by atoms with E-state index in [1.54, 1.807) is 30.3 Å². The number of rotatable bonds is 4. The van der Waals surface area contributed by atoms with Crippen molar-refractivity contribution in [2.45, 2.75) is 6.54 Å². The number of carbonyl (C=O) groups is 2. The fraction of sp³-hybridized carbons (Fsp3) is 0.125. The molecule has 0 unspecified atom stereocenters. The van der Waals surface area contributed by atoms with Gasteiger partial charge in [0.15, 0.2) is 0 Å². The zero-order chi connectivity index (χ0) is 15.4. The topological polar surface area (TPSA) is 89.6 Å². The molecule has 0 spiro atoms. The van der Waals surface area contributed by atoms with Crippen LogP contribution in [0.1, 0.15) is 26.3 Å². The molecule has 108 valence electrons. The van der Waals surface area contributed by atoms with Crippen LogP contribution in [0, 0.1) is 0 Å². The lowest BCUT2D eigenvalue weighted by Gasteiger charge is -2.12. The predicted octanol–water partition coefficient (Wildman–Crippen LogP) is 2.30. The minimum atomic E-state index is -1.10. The van der Waals surface area contributed by atoms with Gasteiger partial charge in [0.2, 0.25) is 0 Å². The highest BCUT2D eigenvalue weighted by molar-refractivity contribution is 6.05. The lowest BCUT2D eigenvalue weighted by atomic mass is 9.93. The van der Waals surface area contributed by atoms with E-state index >= 15 is 0 Å². The van der Waals surface area contributed by atoms with E-state index in [1.807, 2.05) is 0 Å². The van der Waals surface area contributed by atoms with E-state index in [-0.39, 0.29) is 11.1 Å². The average molecular weight is 285 g/mol. The Labute approximate surface area is 122 Å². The van der Waals surface area contributed by atoms with E-state index in [9.17, 15) is 14.7 Å². The highest BCUT2D eigenvalue weighted by Gasteiger charge is 2.20. The maximum Gasteiger partial charge on any atom is 0.338 e. The van der Waals surface area contributed by atoms with Crippen molar-refractivity contribution in [3.63, 3.8) is 0 Å². The summed E-state index contributed by atoms with van der Waals surface area (Å²) in [6.07, 6.45) is 0. The Balaban J connectivity index is 2.67. The Morgan fingerprint density at radius 1 is 1.10 bits per heavy atom. The van der Waals surface area contributed by atoms with Crippen molar-refractivity contribution < 1.29 is 19.4 Å².